The molecule has 0 aromatic rings. The molecule has 0 bridgehead atoms. The maximum absolute atomic E-state index is 6.06. The third-order valence-corrected chi connectivity index (χ3v) is 3.03. The van der Waals surface area contributed by atoms with Gasteiger partial charge in [0.25, 0.3) is 0 Å². The van der Waals surface area contributed by atoms with Crippen LogP contribution in [0.2, 0.25) is 0 Å². The van der Waals surface area contributed by atoms with Gasteiger partial charge >= 0.3 is 0 Å². The molecular formula is C10H19ClO. The molecule has 0 spiro atoms. The molecule has 1 aliphatic rings. The van der Waals surface area contributed by atoms with Gasteiger partial charge in [-0.15, -0.1) is 0 Å². The predicted octanol–water partition coefficient (Wildman–Crippen LogP) is 3.41. The summed E-state index contributed by atoms with van der Waals surface area (Å²) in [5.41, 5.74) is -0.0206. The van der Waals surface area contributed by atoms with E-state index in [-0.39, 0.29) is 5.56 Å². The van der Waals surface area contributed by atoms with Gasteiger partial charge in [0.1, 0.15) is 5.56 Å². The lowest BCUT2D eigenvalue weighted by Crippen LogP contribution is -2.29. The summed E-state index contributed by atoms with van der Waals surface area (Å²) < 4.78 is 5.47. The van der Waals surface area contributed by atoms with E-state index < -0.39 is 0 Å². The Labute approximate surface area is 80.4 Å². The van der Waals surface area contributed by atoms with Crippen LogP contribution in [-0.4, -0.2) is 12.2 Å². The summed E-state index contributed by atoms with van der Waals surface area (Å²) in [5, 5.41) is 0. The number of ether oxygens (including phenoxy) is 1. The van der Waals surface area contributed by atoms with E-state index in [0.717, 1.165) is 6.61 Å². The van der Waals surface area contributed by atoms with Crippen molar-refractivity contribution in [2.24, 2.45) is 11.8 Å². The van der Waals surface area contributed by atoms with E-state index >= 15 is 0 Å². The average Bonchev–Trinajstić information content (AvgIpc) is 2.07. The van der Waals surface area contributed by atoms with Crippen LogP contribution >= 0.6 is 11.6 Å². The van der Waals surface area contributed by atoms with E-state index in [4.69, 9.17) is 16.3 Å². The first kappa shape index (κ1) is 10.3. The maximum Gasteiger partial charge on any atom is 0.134 e. The van der Waals surface area contributed by atoms with E-state index in [1.165, 1.54) is 25.7 Å². The van der Waals surface area contributed by atoms with Crippen LogP contribution in [0.25, 0.3) is 0 Å². The van der Waals surface area contributed by atoms with Crippen LogP contribution in [0.15, 0.2) is 0 Å². The highest BCUT2D eigenvalue weighted by molar-refractivity contribution is 6.19. The number of rotatable bonds is 3. The molecule has 1 saturated heterocycles. The lowest BCUT2D eigenvalue weighted by atomic mass is 9.90. The van der Waals surface area contributed by atoms with Crippen LogP contribution < -0.4 is 0 Å². The number of alkyl halides is 1. The molecule has 0 aliphatic carbocycles. The monoisotopic (exact) mass is 190 g/mol. The molecule has 1 aliphatic heterocycles. The molecule has 0 radical (unpaired) electrons. The minimum atomic E-state index is -0.0206. The molecule has 0 amide bonds. The number of hydrogen-bond acceptors (Lipinski definition) is 1. The molecule has 0 aromatic heterocycles. The Balaban J connectivity index is 2.28. The molecule has 12 heavy (non-hydrogen) atoms. The summed E-state index contributed by atoms with van der Waals surface area (Å²) in [6.07, 6.45) is 5.02. The summed E-state index contributed by atoms with van der Waals surface area (Å²) >= 11 is 6.06. The van der Waals surface area contributed by atoms with Crippen LogP contribution in [0.3, 0.4) is 0 Å². The molecule has 1 rings (SSSR count). The van der Waals surface area contributed by atoms with Crippen LogP contribution in [-0.2, 0) is 4.74 Å². The third kappa shape index (κ3) is 2.95. The first-order valence-corrected chi connectivity index (χ1v) is 5.43. The van der Waals surface area contributed by atoms with Crippen molar-refractivity contribution in [2.45, 2.75) is 45.1 Å². The van der Waals surface area contributed by atoms with Crippen molar-refractivity contribution in [3.05, 3.63) is 0 Å². The van der Waals surface area contributed by atoms with Crippen molar-refractivity contribution < 1.29 is 4.74 Å². The second kappa shape index (κ2) is 5.08. The Bertz CT molecular complexity index is 127. The van der Waals surface area contributed by atoms with Gasteiger partial charge in [-0.3, -0.25) is 0 Å². The van der Waals surface area contributed by atoms with Crippen molar-refractivity contribution in [2.75, 3.05) is 6.61 Å². The van der Waals surface area contributed by atoms with Crippen LogP contribution in [0, 0.1) is 11.8 Å². The molecule has 3 atom stereocenters. The molecule has 72 valence electrons. The molecule has 3 unspecified atom stereocenters. The average molecular weight is 191 g/mol. The minimum Gasteiger partial charge on any atom is -0.362 e. The van der Waals surface area contributed by atoms with E-state index in [9.17, 15) is 0 Å². The number of hydrogen-bond donors (Lipinski definition) is 0. The van der Waals surface area contributed by atoms with Crippen LogP contribution in [0.4, 0.5) is 0 Å². The van der Waals surface area contributed by atoms with Gasteiger partial charge < -0.3 is 4.74 Å². The Morgan fingerprint density at radius 2 is 2.25 bits per heavy atom. The Morgan fingerprint density at radius 1 is 1.50 bits per heavy atom. The Morgan fingerprint density at radius 3 is 2.92 bits per heavy atom. The van der Waals surface area contributed by atoms with Crippen LogP contribution in [0.5, 0.6) is 0 Å². The summed E-state index contributed by atoms with van der Waals surface area (Å²) in [5.74, 6) is 1.29. The highest BCUT2D eigenvalue weighted by Gasteiger charge is 2.26. The Hall–Kier alpha value is 0.250. The predicted molar refractivity (Wildman–Crippen MR) is 52.4 cm³/mol. The quantitative estimate of drug-likeness (QED) is 0.620. The van der Waals surface area contributed by atoms with E-state index in [2.05, 4.69) is 13.8 Å². The van der Waals surface area contributed by atoms with E-state index in [1.54, 1.807) is 0 Å². The van der Waals surface area contributed by atoms with Crippen molar-refractivity contribution in [1.82, 2.24) is 0 Å². The molecule has 2 heteroatoms. The SMILES string of the molecule is CCCCC1CC(C)COC1Cl. The first-order valence-electron chi connectivity index (χ1n) is 4.99. The van der Waals surface area contributed by atoms with Crippen molar-refractivity contribution >= 4 is 11.6 Å². The second-order valence-electron chi connectivity index (χ2n) is 3.93. The fourth-order valence-electron chi connectivity index (χ4n) is 1.80. The largest absolute Gasteiger partial charge is 0.362 e. The fraction of sp³-hybridized carbons (Fsp3) is 1.00. The lowest BCUT2D eigenvalue weighted by Gasteiger charge is -2.31. The summed E-state index contributed by atoms with van der Waals surface area (Å²) in [6.45, 7) is 5.30. The summed E-state index contributed by atoms with van der Waals surface area (Å²) in [4.78, 5) is 0. The van der Waals surface area contributed by atoms with Gasteiger partial charge in [0, 0.05) is 0 Å². The van der Waals surface area contributed by atoms with Gasteiger partial charge in [0.05, 0.1) is 6.61 Å². The second-order valence-corrected chi connectivity index (χ2v) is 4.36. The lowest BCUT2D eigenvalue weighted by molar-refractivity contribution is -0.00889. The number of halogens is 1. The standard InChI is InChI=1S/C10H19ClO/c1-3-4-5-9-6-8(2)7-12-10(9)11/h8-10H,3-7H2,1-2H3. The van der Waals surface area contributed by atoms with E-state index in [0.29, 0.717) is 11.8 Å². The molecule has 1 heterocycles. The zero-order valence-electron chi connectivity index (χ0n) is 8.05. The van der Waals surface area contributed by atoms with Gasteiger partial charge in [0.15, 0.2) is 0 Å². The van der Waals surface area contributed by atoms with Crippen molar-refractivity contribution in [3.63, 3.8) is 0 Å². The molecule has 0 aromatic carbocycles. The summed E-state index contributed by atoms with van der Waals surface area (Å²) in [7, 11) is 0. The third-order valence-electron chi connectivity index (χ3n) is 2.54. The molecular weight excluding hydrogens is 172 g/mol. The Kier molecular flexibility index (Phi) is 4.38. The summed E-state index contributed by atoms with van der Waals surface area (Å²) in [6, 6.07) is 0. The molecule has 1 nitrogen and oxygen atoms in total. The van der Waals surface area contributed by atoms with E-state index in [1.807, 2.05) is 0 Å². The van der Waals surface area contributed by atoms with Gasteiger partial charge in [-0.1, -0.05) is 38.3 Å². The first-order chi connectivity index (χ1) is 5.74. The smallest absolute Gasteiger partial charge is 0.134 e. The van der Waals surface area contributed by atoms with Crippen molar-refractivity contribution in [3.8, 4) is 0 Å². The van der Waals surface area contributed by atoms with Gasteiger partial charge in [-0.05, 0) is 24.7 Å². The topological polar surface area (TPSA) is 9.23 Å². The maximum atomic E-state index is 6.06. The molecule has 0 N–H and O–H groups in total. The normalized spacial score (nSPS) is 36.8. The minimum absolute atomic E-state index is 0.0206. The molecule has 0 saturated carbocycles. The van der Waals surface area contributed by atoms with Crippen molar-refractivity contribution in [1.29, 1.82) is 0 Å². The van der Waals surface area contributed by atoms with Crippen LogP contribution in [0.1, 0.15) is 39.5 Å². The fourth-order valence-corrected chi connectivity index (χ4v) is 2.10. The highest BCUT2D eigenvalue weighted by atomic mass is 35.5. The molecule has 1 fully saturated rings. The van der Waals surface area contributed by atoms with Gasteiger partial charge in [-0.25, -0.2) is 0 Å². The zero-order valence-corrected chi connectivity index (χ0v) is 8.81. The highest BCUT2D eigenvalue weighted by Crippen LogP contribution is 2.30. The zero-order chi connectivity index (χ0) is 8.97. The van der Waals surface area contributed by atoms with Gasteiger partial charge in [-0.2, -0.15) is 0 Å². The van der Waals surface area contributed by atoms with Gasteiger partial charge in [0.2, 0.25) is 0 Å². The number of unbranched alkanes of at least 4 members (excludes halogenated alkanes) is 1.